The Bertz CT molecular complexity index is 1810. The van der Waals surface area contributed by atoms with Crippen LogP contribution in [0.4, 0.5) is 0 Å². The van der Waals surface area contributed by atoms with Gasteiger partial charge in [-0.2, -0.15) is 0 Å². The molecule has 0 spiro atoms. The predicted molar refractivity (Wildman–Crippen MR) is 386 cm³/mol. The Balaban J connectivity index is 5.22. The van der Waals surface area contributed by atoms with Gasteiger partial charge in [-0.15, -0.1) is 0 Å². The van der Waals surface area contributed by atoms with Crippen LogP contribution in [0.1, 0.15) is 407 Å². The Hall–Kier alpha value is -1.94. The van der Waals surface area contributed by atoms with Crippen molar-refractivity contribution < 1.29 is 80.2 Å². The van der Waals surface area contributed by atoms with E-state index in [1.165, 1.54) is 238 Å². The standard InChI is InChI=1S/C76H148O17P2/c1-5-9-13-17-21-25-28-31-34-35-36-37-40-43-47-51-55-59-63-76(81)93-72(67-87-74(79)61-57-53-49-45-41-38-32-29-26-22-18-14-10-6-2)69-91-95(84,85)89-65-70(77)64-88-94(82,83)90-68-71(66-86-73(78)60-56-52-48-44-24-20-16-12-8-4)92-75(80)62-58-54-50-46-42-39-33-30-27-23-19-15-11-7-3/h70-72,77H,5-69H2,1-4H3,(H,82,83)(H,84,85)/t70-,71+,72+/m0/s1. The van der Waals surface area contributed by atoms with Gasteiger partial charge < -0.3 is 33.8 Å². The van der Waals surface area contributed by atoms with E-state index >= 15 is 0 Å². The number of phosphoric ester groups is 2. The summed E-state index contributed by atoms with van der Waals surface area (Å²) in [6.45, 7) is 4.99. The summed E-state index contributed by atoms with van der Waals surface area (Å²) in [6, 6.07) is 0. The first-order valence-corrected chi connectivity index (χ1v) is 42.8. The summed E-state index contributed by atoms with van der Waals surface area (Å²) in [7, 11) is -9.91. The van der Waals surface area contributed by atoms with Crippen molar-refractivity contribution in [2.45, 2.75) is 425 Å². The van der Waals surface area contributed by atoms with Gasteiger partial charge in [0.1, 0.15) is 19.3 Å². The summed E-state index contributed by atoms with van der Waals surface area (Å²) in [5, 5.41) is 10.6. The highest BCUT2D eigenvalue weighted by atomic mass is 31.2. The maximum absolute atomic E-state index is 13.1. The van der Waals surface area contributed by atoms with E-state index in [1.807, 2.05) is 0 Å². The van der Waals surface area contributed by atoms with E-state index in [0.29, 0.717) is 25.7 Å². The Morgan fingerprint density at radius 1 is 0.253 bits per heavy atom. The summed E-state index contributed by atoms with van der Waals surface area (Å²) in [4.78, 5) is 72.8. The van der Waals surface area contributed by atoms with E-state index < -0.39 is 97.5 Å². The second kappa shape index (κ2) is 70.5. The highest BCUT2D eigenvalue weighted by Gasteiger charge is 2.30. The number of hydrogen-bond donors (Lipinski definition) is 3. The van der Waals surface area contributed by atoms with Gasteiger partial charge in [-0.3, -0.25) is 37.3 Å². The van der Waals surface area contributed by atoms with Gasteiger partial charge in [-0.05, 0) is 25.7 Å². The van der Waals surface area contributed by atoms with Crippen LogP contribution < -0.4 is 0 Å². The molecule has 0 aliphatic heterocycles. The fraction of sp³-hybridized carbons (Fsp3) is 0.947. The summed E-state index contributed by atoms with van der Waals surface area (Å²) < 4.78 is 68.5. The molecule has 0 aromatic rings. The van der Waals surface area contributed by atoms with Gasteiger partial charge in [0.15, 0.2) is 12.2 Å². The van der Waals surface area contributed by atoms with Crippen molar-refractivity contribution in [3.05, 3.63) is 0 Å². The van der Waals surface area contributed by atoms with Crippen molar-refractivity contribution in [2.24, 2.45) is 0 Å². The lowest BCUT2D eigenvalue weighted by Gasteiger charge is -2.21. The van der Waals surface area contributed by atoms with Crippen molar-refractivity contribution in [3.63, 3.8) is 0 Å². The molecule has 0 aliphatic carbocycles. The zero-order chi connectivity index (χ0) is 69.7. The number of carbonyl (C=O) groups excluding carboxylic acids is 4. The lowest BCUT2D eigenvalue weighted by Crippen LogP contribution is -2.30. The number of hydrogen-bond acceptors (Lipinski definition) is 15. The lowest BCUT2D eigenvalue weighted by molar-refractivity contribution is -0.161. The van der Waals surface area contributed by atoms with Gasteiger partial charge in [0.25, 0.3) is 0 Å². The number of aliphatic hydroxyl groups is 1. The number of esters is 4. The van der Waals surface area contributed by atoms with Gasteiger partial charge in [0.05, 0.1) is 26.4 Å². The van der Waals surface area contributed by atoms with Gasteiger partial charge in [-0.25, -0.2) is 9.13 Å². The molecule has 0 rings (SSSR count). The average Bonchev–Trinajstić information content (AvgIpc) is 2.33. The quantitative estimate of drug-likeness (QED) is 0.0222. The van der Waals surface area contributed by atoms with E-state index in [1.54, 1.807) is 0 Å². The molecule has 3 N–H and O–H groups in total. The summed E-state index contributed by atoms with van der Waals surface area (Å²) >= 11 is 0. The Labute approximate surface area is 581 Å². The minimum absolute atomic E-state index is 0.108. The largest absolute Gasteiger partial charge is 0.472 e. The van der Waals surface area contributed by atoms with Gasteiger partial charge in [0, 0.05) is 25.7 Å². The first-order valence-electron chi connectivity index (χ1n) is 39.8. The summed E-state index contributed by atoms with van der Waals surface area (Å²) in [5.74, 6) is -2.11. The third kappa shape index (κ3) is 70.3. The molecule has 0 heterocycles. The van der Waals surface area contributed by atoms with Crippen molar-refractivity contribution in [3.8, 4) is 0 Å². The highest BCUT2D eigenvalue weighted by molar-refractivity contribution is 7.47. The number of rotatable bonds is 77. The number of aliphatic hydroxyl groups excluding tert-OH is 1. The Kier molecular flexibility index (Phi) is 69.1. The van der Waals surface area contributed by atoms with Crippen LogP contribution in [0.15, 0.2) is 0 Å². The molecule has 0 bridgehead atoms. The first-order chi connectivity index (χ1) is 46.2. The Morgan fingerprint density at radius 3 is 0.621 bits per heavy atom. The second-order valence-electron chi connectivity index (χ2n) is 27.4. The van der Waals surface area contributed by atoms with Crippen LogP contribution in [0.2, 0.25) is 0 Å². The molecule has 0 saturated heterocycles. The van der Waals surface area contributed by atoms with Crippen LogP contribution in [-0.4, -0.2) is 96.7 Å². The van der Waals surface area contributed by atoms with Crippen LogP contribution in [-0.2, 0) is 65.4 Å². The molecular weight excluding hydrogens is 1250 g/mol. The van der Waals surface area contributed by atoms with Crippen LogP contribution in [0.25, 0.3) is 0 Å². The predicted octanol–water partition coefficient (Wildman–Crippen LogP) is 22.6. The van der Waals surface area contributed by atoms with Crippen molar-refractivity contribution >= 4 is 39.5 Å². The smallest absolute Gasteiger partial charge is 0.462 e. The molecule has 95 heavy (non-hydrogen) atoms. The monoisotopic (exact) mass is 1400 g/mol. The van der Waals surface area contributed by atoms with E-state index in [2.05, 4.69) is 27.7 Å². The molecule has 19 heteroatoms. The molecule has 5 atom stereocenters. The molecule has 0 aromatic carbocycles. The van der Waals surface area contributed by atoms with E-state index in [4.69, 9.17) is 37.0 Å². The van der Waals surface area contributed by atoms with E-state index in [-0.39, 0.29) is 25.7 Å². The second-order valence-corrected chi connectivity index (χ2v) is 30.3. The topological polar surface area (TPSA) is 237 Å². The van der Waals surface area contributed by atoms with E-state index in [0.717, 1.165) is 89.9 Å². The molecule has 0 aromatic heterocycles. The van der Waals surface area contributed by atoms with Crippen LogP contribution in [0.3, 0.4) is 0 Å². The van der Waals surface area contributed by atoms with Crippen molar-refractivity contribution in [1.82, 2.24) is 0 Å². The zero-order valence-corrected chi connectivity index (χ0v) is 63.4. The molecule has 0 saturated carbocycles. The first kappa shape index (κ1) is 93.1. The lowest BCUT2D eigenvalue weighted by atomic mass is 10.0. The zero-order valence-electron chi connectivity index (χ0n) is 61.6. The molecular formula is C76H148O17P2. The van der Waals surface area contributed by atoms with Crippen LogP contribution >= 0.6 is 15.6 Å². The number of ether oxygens (including phenoxy) is 4. The number of phosphoric acid groups is 2. The third-order valence-electron chi connectivity index (χ3n) is 17.9. The van der Waals surface area contributed by atoms with Gasteiger partial charge >= 0.3 is 39.5 Å². The molecule has 0 amide bonds. The van der Waals surface area contributed by atoms with E-state index in [9.17, 15) is 43.2 Å². The fourth-order valence-electron chi connectivity index (χ4n) is 11.8. The SMILES string of the molecule is CCCCCCCCCCCCCCCCCCCCC(=O)O[C@H](COC(=O)CCCCCCCCCCCCCCCC)COP(=O)(O)OC[C@@H](O)COP(=O)(O)OC[C@@H](COC(=O)CCCCCCCCCCC)OC(=O)CCCCCCCCCCCCCCCC. The van der Waals surface area contributed by atoms with Crippen LogP contribution in [0.5, 0.6) is 0 Å². The van der Waals surface area contributed by atoms with Crippen molar-refractivity contribution in [1.29, 1.82) is 0 Å². The van der Waals surface area contributed by atoms with Crippen molar-refractivity contribution in [2.75, 3.05) is 39.6 Å². The average molecular weight is 1400 g/mol. The third-order valence-corrected chi connectivity index (χ3v) is 19.8. The maximum Gasteiger partial charge on any atom is 0.472 e. The molecule has 2 unspecified atom stereocenters. The Morgan fingerprint density at radius 2 is 0.421 bits per heavy atom. The molecule has 0 radical (unpaired) electrons. The number of carbonyl (C=O) groups is 4. The highest BCUT2D eigenvalue weighted by Crippen LogP contribution is 2.45. The number of unbranched alkanes of at least 4 members (excludes halogenated alkanes) is 51. The summed E-state index contributed by atoms with van der Waals surface area (Å²) in [6.07, 6.45) is 60.9. The molecule has 0 fully saturated rings. The van der Waals surface area contributed by atoms with Gasteiger partial charge in [-0.1, -0.05) is 355 Å². The minimum atomic E-state index is -4.96. The molecule has 0 aliphatic rings. The maximum atomic E-state index is 13.1. The summed E-state index contributed by atoms with van der Waals surface area (Å²) in [5.41, 5.74) is 0. The molecule has 17 nitrogen and oxygen atoms in total. The van der Waals surface area contributed by atoms with Crippen LogP contribution in [0, 0.1) is 0 Å². The van der Waals surface area contributed by atoms with Gasteiger partial charge in [0.2, 0.25) is 0 Å². The fourth-order valence-corrected chi connectivity index (χ4v) is 13.3. The molecule has 564 valence electrons. The normalized spacial score (nSPS) is 13.9. The minimum Gasteiger partial charge on any atom is -0.462 e.